The van der Waals surface area contributed by atoms with Gasteiger partial charge in [-0.05, 0) is 40.5 Å². The predicted octanol–water partition coefficient (Wildman–Crippen LogP) is 2.40. The minimum Gasteiger partial charge on any atom is -0.480 e. The zero-order valence-electron chi connectivity index (χ0n) is 7.57. The second-order valence-electron chi connectivity index (χ2n) is 2.50. The van der Waals surface area contributed by atoms with Crippen LogP contribution in [0.25, 0.3) is 6.08 Å². The van der Waals surface area contributed by atoms with Gasteiger partial charge in [0.1, 0.15) is 0 Å². The van der Waals surface area contributed by atoms with Gasteiger partial charge in [0.05, 0.1) is 16.5 Å². The van der Waals surface area contributed by atoms with Gasteiger partial charge in [-0.15, -0.1) is 0 Å². The molecule has 0 aliphatic heterocycles. The monoisotopic (exact) mass is 277 g/mol. The summed E-state index contributed by atoms with van der Waals surface area (Å²) < 4.78 is 9.61. The molecule has 0 aromatic carbocycles. The van der Waals surface area contributed by atoms with Crippen LogP contribution in [-0.4, -0.2) is 22.6 Å². The van der Waals surface area contributed by atoms with Crippen molar-refractivity contribution in [2.75, 3.05) is 7.11 Å². The molecule has 6 heteroatoms. The molecule has 1 rings (SSSR count). The number of aromatic nitrogens is 1. The van der Waals surface area contributed by atoms with Gasteiger partial charge in [0.25, 0.3) is 0 Å². The lowest BCUT2D eigenvalue weighted by atomic mass is 10.2. The SMILES string of the molecule is COc1nsc(/C=C(/C)C(=O)O)c1Br. The van der Waals surface area contributed by atoms with Crippen LogP contribution in [0.3, 0.4) is 0 Å². The summed E-state index contributed by atoms with van der Waals surface area (Å²) in [6, 6.07) is 0. The molecule has 1 N–H and O–H groups in total. The normalized spacial score (nSPS) is 11.5. The van der Waals surface area contributed by atoms with Gasteiger partial charge in [0.15, 0.2) is 0 Å². The lowest BCUT2D eigenvalue weighted by Crippen LogP contribution is -1.94. The van der Waals surface area contributed by atoms with Gasteiger partial charge in [0.2, 0.25) is 5.88 Å². The van der Waals surface area contributed by atoms with E-state index in [9.17, 15) is 4.79 Å². The minimum absolute atomic E-state index is 0.261. The largest absolute Gasteiger partial charge is 0.480 e. The van der Waals surface area contributed by atoms with Crippen molar-refractivity contribution in [3.63, 3.8) is 0 Å². The van der Waals surface area contributed by atoms with Crippen molar-refractivity contribution >= 4 is 39.5 Å². The first kappa shape index (κ1) is 11.2. The van der Waals surface area contributed by atoms with Crippen LogP contribution in [-0.2, 0) is 4.79 Å². The molecule has 0 saturated carbocycles. The van der Waals surface area contributed by atoms with Crippen LogP contribution in [0.15, 0.2) is 10.0 Å². The van der Waals surface area contributed by atoms with Crippen molar-refractivity contribution in [3.8, 4) is 5.88 Å². The minimum atomic E-state index is -0.940. The summed E-state index contributed by atoms with van der Waals surface area (Å²) in [5.41, 5.74) is 0.261. The molecule has 1 heterocycles. The molecular formula is C8H8BrNO3S. The molecule has 1 aromatic heterocycles. The number of ether oxygens (including phenoxy) is 1. The number of methoxy groups -OCH3 is 1. The first-order chi connectivity index (χ1) is 6.56. The average Bonchev–Trinajstić information content (AvgIpc) is 2.47. The molecule has 0 saturated heterocycles. The molecule has 0 aliphatic rings. The van der Waals surface area contributed by atoms with Gasteiger partial charge in [-0.25, -0.2) is 4.79 Å². The third-order valence-electron chi connectivity index (χ3n) is 1.51. The zero-order valence-corrected chi connectivity index (χ0v) is 9.98. The van der Waals surface area contributed by atoms with Crippen LogP contribution in [0.4, 0.5) is 0 Å². The zero-order chi connectivity index (χ0) is 10.7. The maximum absolute atomic E-state index is 10.6. The number of nitrogens with zero attached hydrogens (tertiary/aromatic N) is 1. The summed E-state index contributed by atoms with van der Waals surface area (Å²) in [7, 11) is 1.51. The summed E-state index contributed by atoms with van der Waals surface area (Å²) in [6.07, 6.45) is 1.55. The predicted molar refractivity (Wildman–Crippen MR) is 57.7 cm³/mol. The van der Waals surface area contributed by atoms with Crippen LogP contribution in [0.1, 0.15) is 11.8 Å². The highest BCUT2D eigenvalue weighted by Crippen LogP contribution is 2.32. The van der Waals surface area contributed by atoms with Crippen molar-refractivity contribution in [3.05, 3.63) is 14.9 Å². The molecule has 0 fully saturated rings. The van der Waals surface area contributed by atoms with E-state index in [1.807, 2.05) is 0 Å². The Labute approximate surface area is 93.5 Å². The third kappa shape index (κ3) is 2.33. The number of rotatable bonds is 3. The number of hydrogen-bond acceptors (Lipinski definition) is 4. The first-order valence-corrected chi connectivity index (χ1v) is 5.23. The van der Waals surface area contributed by atoms with Gasteiger partial charge >= 0.3 is 5.97 Å². The Bertz CT molecular complexity index is 386. The van der Waals surface area contributed by atoms with E-state index in [0.717, 1.165) is 4.88 Å². The molecular weight excluding hydrogens is 270 g/mol. The molecule has 0 amide bonds. The second-order valence-corrected chi connectivity index (χ2v) is 4.10. The molecule has 4 nitrogen and oxygen atoms in total. The standard InChI is InChI=1S/C8H8BrNO3S/c1-4(8(11)12)3-5-6(9)7(13-2)10-14-5/h3H,1-2H3,(H,11,12)/b4-3-. The fourth-order valence-corrected chi connectivity index (χ4v) is 2.19. The van der Waals surface area contributed by atoms with Crippen LogP contribution < -0.4 is 4.74 Å². The van der Waals surface area contributed by atoms with E-state index in [-0.39, 0.29) is 5.57 Å². The lowest BCUT2D eigenvalue weighted by molar-refractivity contribution is -0.132. The summed E-state index contributed by atoms with van der Waals surface area (Å²) in [5, 5.41) is 8.67. The number of carbonyl (C=O) groups is 1. The molecule has 0 aliphatic carbocycles. The topological polar surface area (TPSA) is 59.4 Å². The molecule has 76 valence electrons. The lowest BCUT2D eigenvalue weighted by Gasteiger charge is -1.94. The molecule has 0 unspecified atom stereocenters. The van der Waals surface area contributed by atoms with E-state index >= 15 is 0 Å². The van der Waals surface area contributed by atoms with E-state index in [0.29, 0.717) is 10.4 Å². The summed E-state index contributed by atoms with van der Waals surface area (Å²) in [4.78, 5) is 11.3. The molecule has 14 heavy (non-hydrogen) atoms. The van der Waals surface area contributed by atoms with Gasteiger partial charge < -0.3 is 9.84 Å². The van der Waals surface area contributed by atoms with E-state index in [1.54, 1.807) is 6.08 Å². The third-order valence-corrected chi connectivity index (χ3v) is 3.31. The highest BCUT2D eigenvalue weighted by Gasteiger charge is 2.10. The van der Waals surface area contributed by atoms with E-state index in [1.165, 1.54) is 25.6 Å². The second kappa shape index (κ2) is 4.56. The fourth-order valence-electron chi connectivity index (χ4n) is 0.751. The highest BCUT2D eigenvalue weighted by molar-refractivity contribution is 9.10. The molecule has 0 spiro atoms. The average molecular weight is 278 g/mol. The van der Waals surface area contributed by atoms with Gasteiger partial charge in [-0.1, -0.05) is 0 Å². The Morgan fingerprint density at radius 1 is 1.71 bits per heavy atom. The van der Waals surface area contributed by atoms with Gasteiger partial charge in [0, 0.05) is 5.57 Å². The summed E-state index contributed by atoms with van der Waals surface area (Å²) in [5.74, 6) is -0.469. The maximum atomic E-state index is 10.6. The van der Waals surface area contributed by atoms with Crippen LogP contribution in [0.2, 0.25) is 0 Å². The number of carboxylic acid groups (broad SMARTS) is 1. The van der Waals surface area contributed by atoms with E-state index in [4.69, 9.17) is 9.84 Å². The van der Waals surface area contributed by atoms with E-state index in [2.05, 4.69) is 20.3 Å². The van der Waals surface area contributed by atoms with Crippen molar-refractivity contribution in [2.45, 2.75) is 6.92 Å². The maximum Gasteiger partial charge on any atom is 0.331 e. The number of hydrogen-bond donors (Lipinski definition) is 1. The van der Waals surface area contributed by atoms with Gasteiger partial charge in [-0.3, -0.25) is 0 Å². The molecule has 0 bridgehead atoms. The molecule has 0 atom stereocenters. The van der Waals surface area contributed by atoms with Crippen LogP contribution in [0.5, 0.6) is 5.88 Å². The Balaban J connectivity index is 3.03. The van der Waals surface area contributed by atoms with Crippen molar-refractivity contribution < 1.29 is 14.6 Å². The van der Waals surface area contributed by atoms with Crippen molar-refractivity contribution in [1.29, 1.82) is 0 Å². The van der Waals surface area contributed by atoms with E-state index < -0.39 is 5.97 Å². The summed E-state index contributed by atoms with van der Waals surface area (Å²) in [6.45, 7) is 1.53. The van der Waals surface area contributed by atoms with Gasteiger partial charge in [-0.2, -0.15) is 4.37 Å². The quantitative estimate of drug-likeness (QED) is 0.862. The molecule has 0 radical (unpaired) electrons. The fraction of sp³-hybridized carbons (Fsp3) is 0.250. The Kier molecular flexibility index (Phi) is 3.65. The summed E-state index contributed by atoms with van der Waals surface area (Å²) >= 11 is 4.46. The Morgan fingerprint density at radius 3 is 2.79 bits per heavy atom. The van der Waals surface area contributed by atoms with Crippen LogP contribution in [0, 0.1) is 0 Å². The van der Waals surface area contributed by atoms with Crippen molar-refractivity contribution in [2.24, 2.45) is 0 Å². The Hall–Kier alpha value is -0.880. The first-order valence-electron chi connectivity index (χ1n) is 3.67. The van der Waals surface area contributed by atoms with Crippen LogP contribution >= 0.6 is 27.5 Å². The smallest absolute Gasteiger partial charge is 0.331 e. The number of halogens is 1. The Morgan fingerprint density at radius 2 is 2.36 bits per heavy atom. The molecule has 1 aromatic rings. The number of carboxylic acids is 1. The highest BCUT2D eigenvalue weighted by atomic mass is 79.9. The number of aliphatic carboxylic acids is 1. The van der Waals surface area contributed by atoms with Crippen molar-refractivity contribution in [1.82, 2.24) is 4.37 Å².